The molecule has 0 bridgehead atoms. The molecule has 6 nitrogen and oxygen atoms in total. The van der Waals surface area contributed by atoms with E-state index in [2.05, 4.69) is 69.7 Å². The van der Waals surface area contributed by atoms with E-state index in [9.17, 15) is 4.79 Å². The second kappa shape index (κ2) is 9.04. The Labute approximate surface area is 162 Å². The van der Waals surface area contributed by atoms with Gasteiger partial charge in [-0.05, 0) is 38.5 Å². The van der Waals surface area contributed by atoms with E-state index < -0.39 is 0 Å². The Balaban J connectivity index is 1.38. The molecule has 27 heavy (non-hydrogen) atoms. The number of hydrogen-bond acceptors (Lipinski definition) is 4. The summed E-state index contributed by atoms with van der Waals surface area (Å²) >= 11 is 0. The molecule has 1 aromatic heterocycles. The summed E-state index contributed by atoms with van der Waals surface area (Å²) in [4.78, 5) is 21.3. The van der Waals surface area contributed by atoms with Gasteiger partial charge in [0.15, 0.2) is 0 Å². The highest BCUT2D eigenvalue weighted by molar-refractivity contribution is 5.75. The van der Waals surface area contributed by atoms with E-state index in [4.69, 9.17) is 0 Å². The monoisotopic (exact) mass is 369 g/mol. The van der Waals surface area contributed by atoms with Gasteiger partial charge < -0.3 is 14.8 Å². The molecule has 0 unspecified atom stereocenters. The van der Waals surface area contributed by atoms with Gasteiger partial charge in [0.05, 0.1) is 6.54 Å². The normalized spacial score (nSPS) is 15.3. The number of carbonyl (C=O) groups is 1. The lowest BCUT2D eigenvalue weighted by Crippen LogP contribution is -2.47. The first-order valence-electron chi connectivity index (χ1n) is 9.85. The van der Waals surface area contributed by atoms with Gasteiger partial charge >= 0.3 is 0 Å². The standard InChI is InChI=1S/C21H31N5O/c1-17(2)26-10-8-22-20(26)16-23-21(27)7-9-24-11-13-25(14-12-24)19-6-4-5-18(3)15-19/h4-6,8,10,15,17H,7,9,11-14,16H2,1-3H3,(H,23,27). The SMILES string of the molecule is Cc1cccc(N2CCN(CCC(=O)NCc3nccn3C(C)C)CC2)c1. The number of carbonyl (C=O) groups excluding carboxylic acids is 1. The molecule has 1 aliphatic heterocycles. The molecule has 1 aliphatic rings. The van der Waals surface area contributed by atoms with Crippen molar-refractivity contribution in [3.8, 4) is 0 Å². The van der Waals surface area contributed by atoms with Gasteiger partial charge in [-0.15, -0.1) is 0 Å². The zero-order chi connectivity index (χ0) is 19.2. The molecule has 2 heterocycles. The molecule has 2 aromatic rings. The molecule has 0 saturated carbocycles. The third-order valence-electron chi connectivity index (χ3n) is 5.14. The van der Waals surface area contributed by atoms with Crippen LogP contribution in [0.2, 0.25) is 0 Å². The summed E-state index contributed by atoms with van der Waals surface area (Å²) in [5, 5.41) is 3.00. The van der Waals surface area contributed by atoms with Gasteiger partial charge in [0, 0.05) is 63.3 Å². The van der Waals surface area contributed by atoms with Crippen molar-refractivity contribution in [2.45, 2.75) is 39.8 Å². The van der Waals surface area contributed by atoms with Crippen LogP contribution >= 0.6 is 0 Å². The summed E-state index contributed by atoms with van der Waals surface area (Å²) in [6.07, 6.45) is 4.28. The van der Waals surface area contributed by atoms with Gasteiger partial charge in [0.1, 0.15) is 5.82 Å². The van der Waals surface area contributed by atoms with Crippen molar-refractivity contribution in [2.75, 3.05) is 37.6 Å². The molecule has 1 saturated heterocycles. The summed E-state index contributed by atoms with van der Waals surface area (Å²) in [5.41, 5.74) is 2.60. The maximum Gasteiger partial charge on any atom is 0.221 e. The zero-order valence-corrected chi connectivity index (χ0v) is 16.7. The van der Waals surface area contributed by atoms with Crippen molar-refractivity contribution in [1.82, 2.24) is 19.8 Å². The lowest BCUT2D eigenvalue weighted by atomic mass is 10.2. The number of hydrogen-bond donors (Lipinski definition) is 1. The quantitative estimate of drug-likeness (QED) is 0.815. The van der Waals surface area contributed by atoms with E-state index in [0.717, 1.165) is 38.5 Å². The number of amides is 1. The Kier molecular flexibility index (Phi) is 6.50. The van der Waals surface area contributed by atoms with E-state index in [0.29, 0.717) is 19.0 Å². The van der Waals surface area contributed by atoms with Crippen molar-refractivity contribution >= 4 is 11.6 Å². The number of imidazole rings is 1. The number of rotatable bonds is 7. The summed E-state index contributed by atoms with van der Waals surface area (Å²) in [7, 11) is 0. The molecule has 3 rings (SSSR count). The van der Waals surface area contributed by atoms with Crippen molar-refractivity contribution in [3.05, 3.63) is 48.0 Å². The summed E-state index contributed by atoms with van der Waals surface area (Å²) in [6.45, 7) is 11.7. The summed E-state index contributed by atoms with van der Waals surface area (Å²) in [6, 6.07) is 9.02. The van der Waals surface area contributed by atoms with Gasteiger partial charge in [0.2, 0.25) is 5.91 Å². The average molecular weight is 370 g/mol. The van der Waals surface area contributed by atoms with Crippen LogP contribution in [0, 0.1) is 6.92 Å². The van der Waals surface area contributed by atoms with Crippen LogP contribution in [-0.2, 0) is 11.3 Å². The molecule has 146 valence electrons. The Hall–Kier alpha value is -2.34. The molecular weight excluding hydrogens is 338 g/mol. The van der Waals surface area contributed by atoms with E-state index in [1.54, 1.807) is 6.20 Å². The second-order valence-corrected chi connectivity index (χ2v) is 7.54. The number of aryl methyl sites for hydroxylation is 1. The van der Waals surface area contributed by atoms with Crippen molar-refractivity contribution in [2.24, 2.45) is 0 Å². The third kappa shape index (κ3) is 5.32. The van der Waals surface area contributed by atoms with Crippen molar-refractivity contribution < 1.29 is 4.79 Å². The van der Waals surface area contributed by atoms with Crippen LogP contribution in [0.4, 0.5) is 5.69 Å². The Bertz CT molecular complexity index is 747. The molecule has 6 heteroatoms. The van der Waals surface area contributed by atoms with Gasteiger partial charge in [-0.2, -0.15) is 0 Å². The lowest BCUT2D eigenvalue weighted by Gasteiger charge is -2.36. The van der Waals surface area contributed by atoms with E-state index in [-0.39, 0.29) is 5.91 Å². The Morgan fingerprint density at radius 3 is 2.70 bits per heavy atom. The maximum atomic E-state index is 12.2. The highest BCUT2D eigenvalue weighted by Gasteiger charge is 2.18. The van der Waals surface area contributed by atoms with Gasteiger partial charge in [-0.1, -0.05) is 12.1 Å². The minimum absolute atomic E-state index is 0.0921. The Morgan fingerprint density at radius 1 is 1.22 bits per heavy atom. The fourth-order valence-corrected chi connectivity index (χ4v) is 3.53. The average Bonchev–Trinajstić information content (AvgIpc) is 3.14. The number of nitrogens with one attached hydrogen (secondary N) is 1. The minimum Gasteiger partial charge on any atom is -0.369 e. The molecule has 1 aromatic carbocycles. The number of nitrogens with zero attached hydrogens (tertiary/aromatic N) is 4. The molecule has 0 radical (unpaired) electrons. The predicted octanol–water partition coefficient (Wildman–Crippen LogP) is 2.60. The van der Waals surface area contributed by atoms with Gasteiger partial charge in [-0.3, -0.25) is 9.69 Å². The van der Waals surface area contributed by atoms with Crippen LogP contribution in [0.3, 0.4) is 0 Å². The maximum absolute atomic E-state index is 12.2. The number of piperazine rings is 1. The van der Waals surface area contributed by atoms with E-state index in [1.165, 1.54) is 11.3 Å². The van der Waals surface area contributed by atoms with Gasteiger partial charge in [-0.25, -0.2) is 4.98 Å². The summed E-state index contributed by atoms with van der Waals surface area (Å²) < 4.78 is 2.09. The number of benzene rings is 1. The Morgan fingerprint density at radius 2 is 2.00 bits per heavy atom. The van der Waals surface area contributed by atoms with Crippen molar-refractivity contribution in [3.63, 3.8) is 0 Å². The van der Waals surface area contributed by atoms with Crippen LogP contribution in [0.5, 0.6) is 0 Å². The van der Waals surface area contributed by atoms with Gasteiger partial charge in [0.25, 0.3) is 0 Å². The van der Waals surface area contributed by atoms with Crippen LogP contribution in [-0.4, -0.2) is 53.1 Å². The fourth-order valence-electron chi connectivity index (χ4n) is 3.53. The number of aromatic nitrogens is 2. The molecule has 1 fully saturated rings. The van der Waals surface area contributed by atoms with Crippen LogP contribution in [0.1, 0.15) is 37.7 Å². The predicted molar refractivity (Wildman–Crippen MR) is 109 cm³/mol. The van der Waals surface area contributed by atoms with Crippen LogP contribution in [0.25, 0.3) is 0 Å². The first kappa shape index (κ1) is 19.4. The smallest absolute Gasteiger partial charge is 0.221 e. The third-order valence-corrected chi connectivity index (χ3v) is 5.14. The first-order chi connectivity index (χ1) is 13.0. The number of anilines is 1. The second-order valence-electron chi connectivity index (χ2n) is 7.54. The molecule has 0 atom stereocenters. The van der Waals surface area contributed by atoms with Crippen LogP contribution < -0.4 is 10.2 Å². The lowest BCUT2D eigenvalue weighted by molar-refractivity contribution is -0.121. The zero-order valence-electron chi connectivity index (χ0n) is 16.7. The minimum atomic E-state index is 0.0921. The molecule has 0 aliphatic carbocycles. The summed E-state index contributed by atoms with van der Waals surface area (Å²) in [5.74, 6) is 1.000. The van der Waals surface area contributed by atoms with Crippen LogP contribution in [0.15, 0.2) is 36.7 Å². The highest BCUT2D eigenvalue weighted by Crippen LogP contribution is 2.17. The van der Waals surface area contributed by atoms with Crippen molar-refractivity contribution in [1.29, 1.82) is 0 Å². The first-order valence-corrected chi connectivity index (χ1v) is 9.85. The molecule has 1 amide bonds. The fraction of sp³-hybridized carbons (Fsp3) is 0.524. The molecule has 0 spiro atoms. The topological polar surface area (TPSA) is 53.4 Å². The van der Waals surface area contributed by atoms with E-state index >= 15 is 0 Å². The molecular formula is C21H31N5O. The highest BCUT2D eigenvalue weighted by atomic mass is 16.1. The molecule has 1 N–H and O–H groups in total. The largest absolute Gasteiger partial charge is 0.369 e. The van der Waals surface area contributed by atoms with E-state index in [1.807, 2.05) is 6.20 Å².